The SMILES string of the molecule is COc1cncc(-c2cnc(NC(=O)C(c3ccccc3)c3ccccc3)s2)c1. The minimum absolute atomic E-state index is 0.118. The Bertz CT molecular complexity index is 1060. The Morgan fingerprint density at radius 3 is 2.24 bits per heavy atom. The van der Waals surface area contributed by atoms with E-state index in [-0.39, 0.29) is 5.91 Å². The van der Waals surface area contributed by atoms with Crippen molar-refractivity contribution in [1.82, 2.24) is 9.97 Å². The van der Waals surface area contributed by atoms with Gasteiger partial charge in [0.1, 0.15) is 5.75 Å². The molecule has 0 aliphatic carbocycles. The Hall–Kier alpha value is -3.51. The van der Waals surface area contributed by atoms with Crippen LogP contribution in [0, 0.1) is 0 Å². The van der Waals surface area contributed by atoms with E-state index in [0.717, 1.165) is 21.6 Å². The molecular formula is C23H19N3O2S. The van der Waals surface area contributed by atoms with Gasteiger partial charge in [-0.25, -0.2) is 4.98 Å². The van der Waals surface area contributed by atoms with Crippen LogP contribution < -0.4 is 10.1 Å². The minimum atomic E-state index is -0.414. The van der Waals surface area contributed by atoms with Crippen molar-refractivity contribution < 1.29 is 9.53 Å². The lowest BCUT2D eigenvalue weighted by atomic mass is 9.90. The number of thiazole rings is 1. The maximum Gasteiger partial charge on any atom is 0.238 e. The first-order valence-electron chi connectivity index (χ1n) is 9.10. The Morgan fingerprint density at radius 2 is 1.62 bits per heavy atom. The number of methoxy groups -OCH3 is 1. The zero-order valence-electron chi connectivity index (χ0n) is 15.8. The predicted octanol–water partition coefficient (Wildman–Crippen LogP) is 4.98. The van der Waals surface area contributed by atoms with Crippen molar-refractivity contribution in [1.29, 1.82) is 0 Å². The molecule has 2 heterocycles. The van der Waals surface area contributed by atoms with E-state index in [9.17, 15) is 4.79 Å². The van der Waals surface area contributed by atoms with Gasteiger partial charge in [0.2, 0.25) is 5.91 Å². The van der Waals surface area contributed by atoms with E-state index in [2.05, 4.69) is 15.3 Å². The third kappa shape index (κ3) is 4.33. The highest BCUT2D eigenvalue weighted by atomic mass is 32.1. The number of ether oxygens (including phenoxy) is 1. The molecule has 0 aliphatic rings. The van der Waals surface area contributed by atoms with Crippen molar-refractivity contribution in [3.63, 3.8) is 0 Å². The van der Waals surface area contributed by atoms with E-state index in [1.807, 2.05) is 66.7 Å². The van der Waals surface area contributed by atoms with Crippen molar-refractivity contribution in [3.8, 4) is 16.2 Å². The summed E-state index contributed by atoms with van der Waals surface area (Å²) in [6, 6.07) is 21.4. The molecule has 2 aromatic heterocycles. The molecule has 144 valence electrons. The molecule has 6 heteroatoms. The number of carbonyl (C=O) groups excluding carboxylic acids is 1. The first-order chi connectivity index (χ1) is 14.2. The summed E-state index contributed by atoms with van der Waals surface area (Å²) in [4.78, 5) is 22.6. The zero-order valence-corrected chi connectivity index (χ0v) is 16.6. The summed E-state index contributed by atoms with van der Waals surface area (Å²) in [5, 5.41) is 3.52. The summed E-state index contributed by atoms with van der Waals surface area (Å²) in [5.74, 6) is 0.144. The molecule has 4 rings (SSSR count). The predicted molar refractivity (Wildman–Crippen MR) is 115 cm³/mol. The molecule has 1 N–H and O–H groups in total. The Labute approximate surface area is 173 Å². The molecule has 2 aromatic carbocycles. The van der Waals surface area contributed by atoms with Crippen LogP contribution in [0.15, 0.2) is 85.3 Å². The normalized spacial score (nSPS) is 10.7. The van der Waals surface area contributed by atoms with E-state index in [4.69, 9.17) is 4.74 Å². The van der Waals surface area contributed by atoms with Gasteiger partial charge in [-0.1, -0.05) is 72.0 Å². The highest BCUT2D eigenvalue weighted by Crippen LogP contribution is 2.32. The number of carbonyl (C=O) groups is 1. The van der Waals surface area contributed by atoms with Crippen molar-refractivity contribution >= 4 is 22.4 Å². The van der Waals surface area contributed by atoms with Crippen molar-refractivity contribution in [3.05, 3.63) is 96.4 Å². The molecule has 29 heavy (non-hydrogen) atoms. The fraction of sp³-hybridized carbons (Fsp3) is 0.0870. The summed E-state index contributed by atoms with van der Waals surface area (Å²) in [6.45, 7) is 0. The molecule has 0 unspecified atom stereocenters. The van der Waals surface area contributed by atoms with Crippen LogP contribution in [0.25, 0.3) is 10.4 Å². The topological polar surface area (TPSA) is 64.1 Å². The average Bonchev–Trinajstić information content (AvgIpc) is 3.24. The van der Waals surface area contributed by atoms with Crippen LogP contribution in [-0.4, -0.2) is 23.0 Å². The molecule has 0 fully saturated rings. The first kappa shape index (κ1) is 18.8. The van der Waals surface area contributed by atoms with Gasteiger partial charge in [-0.2, -0.15) is 0 Å². The monoisotopic (exact) mass is 401 g/mol. The standard InChI is InChI=1S/C23H19N3O2S/c1-28-19-12-18(13-24-14-19)20-15-25-23(29-20)26-22(27)21(16-8-4-2-5-9-16)17-10-6-3-7-11-17/h2-15,21H,1H3,(H,25,26,27). The summed E-state index contributed by atoms with van der Waals surface area (Å²) in [6.07, 6.45) is 5.13. The molecule has 4 aromatic rings. The number of hydrogen-bond donors (Lipinski definition) is 1. The molecule has 0 aliphatic heterocycles. The fourth-order valence-corrected chi connectivity index (χ4v) is 3.89. The summed E-state index contributed by atoms with van der Waals surface area (Å²) in [7, 11) is 1.60. The summed E-state index contributed by atoms with van der Waals surface area (Å²) < 4.78 is 5.23. The molecule has 0 saturated heterocycles. The smallest absolute Gasteiger partial charge is 0.238 e. The van der Waals surface area contributed by atoms with Crippen LogP contribution in [0.4, 0.5) is 5.13 Å². The van der Waals surface area contributed by atoms with E-state index in [0.29, 0.717) is 10.9 Å². The van der Waals surface area contributed by atoms with Gasteiger partial charge in [-0.15, -0.1) is 0 Å². The van der Waals surface area contributed by atoms with Gasteiger partial charge in [-0.3, -0.25) is 9.78 Å². The molecule has 0 radical (unpaired) electrons. The van der Waals surface area contributed by atoms with Crippen LogP contribution in [0.1, 0.15) is 17.0 Å². The van der Waals surface area contributed by atoms with E-state index >= 15 is 0 Å². The highest BCUT2D eigenvalue weighted by Gasteiger charge is 2.23. The molecule has 0 atom stereocenters. The largest absolute Gasteiger partial charge is 0.495 e. The van der Waals surface area contributed by atoms with Crippen molar-refractivity contribution in [2.24, 2.45) is 0 Å². The number of rotatable bonds is 6. The van der Waals surface area contributed by atoms with Gasteiger partial charge in [0.25, 0.3) is 0 Å². The van der Waals surface area contributed by atoms with Crippen molar-refractivity contribution in [2.45, 2.75) is 5.92 Å². The Kier molecular flexibility index (Phi) is 5.63. The van der Waals surface area contributed by atoms with Gasteiger partial charge in [0.15, 0.2) is 5.13 Å². The number of nitrogens with one attached hydrogen (secondary N) is 1. The van der Waals surface area contributed by atoms with Gasteiger partial charge >= 0.3 is 0 Å². The van der Waals surface area contributed by atoms with Gasteiger partial charge in [0, 0.05) is 18.0 Å². The summed E-state index contributed by atoms with van der Waals surface area (Å²) in [5.41, 5.74) is 2.76. The summed E-state index contributed by atoms with van der Waals surface area (Å²) >= 11 is 1.40. The van der Waals surface area contributed by atoms with E-state index in [1.165, 1.54) is 11.3 Å². The highest BCUT2D eigenvalue weighted by molar-refractivity contribution is 7.19. The second-order valence-corrected chi connectivity index (χ2v) is 7.42. The van der Waals surface area contributed by atoms with Crippen LogP contribution >= 0.6 is 11.3 Å². The van der Waals surface area contributed by atoms with Crippen molar-refractivity contribution in [2.75, 3.05) is 12.4 Å². The molecule has 1 amide bonds. The van der Waals surface area contributed by atoms with Crippen LogP contribution in [-0.2, 0) is 4.79 Å². The first-order valence-corrected chi connectivity index (χ1v) is 9.92. The molecule has 5 nitrogen and oxygen atoms in total. The van der Waals surface area contributed by atoms with Crippen LogP contribution in [0.3, 0.4) is 0 Å². The lowest BCUT2D eigenvalue weighted by molar-refractivity contribution is -0.116. The third-order valence-electron chi connectivity index (χ3n) is 4.50. The Balaban J connectivity index is 1.59. The zero-order chi connectivity index (χ0) is 20.1. The lowest BCUT2D eigenvalue weighted by Gasteiger charge is -2.17. The average molecular weight is 401 g/mol. The molecular weight excluding hydrogens is 382 g/mol. The molecule has 0 spiro atoms. The van der Waals surface area contributed by atoms with E-state index in [1.54, 1.807) is 25.7 Å². The number of aromatic nitrogens is 2. The maximum atomic E-state index is 13.2. The number of anilines is 1. The quantitative estimate of drug-likeness (QED) is 0.495. The second kappa shape index (κ2) is 8.67. The number of benzene rings is 2. The fourth-order valence-electron chi connectivity index (χ4n) is 3.09. The van der Waals surface area contributed by atoms with Gasteiger partial charge in [0.05, 0.1) is 24.1 Å². The molecule has 0 saturated carbocycles. The van der Waals surface area contributed by atoms with Gasteiger partial charge in [-0.05, 0) is 17.2 Å². The third-order valence-corrected chi connectivity index (χ3v) is 5.46. The molecule has 0 bridgehead atoms. The number of amides is 1. The maximum absolute atomic E-state index is 13.2. The second-order valence-electron chi connectivity index (χ2n) is 6.39. The Morgan fingerprint density at radius 1 is 0.966 bits per heavy atom. The van der Waals surface area contributed by atoms with E-state index < -0.39 is 5.92 Å². The minimum Gasteiger partial charge on any atom is -0.495 e. The van der Waals surface area contributed by atoms with Gasteiger partial charge < -0.3 is 10.1 Å². The lowest BCUT2D eigenvalue weighted by Crippen LogP contribution is -2.22. The van der Waals surface area contributed by atoms with Crippen LogP contribution in [0.2, 0.25) is 0 Å². The number of nitrogens with zero attached hydrogens (tertiary/aromatic N) is 2. The number of pyridine rings is 1. The van der Waals surface area contributed by atoms with Crippen LogP contribution in [0.5, 0.6) is 5.75 Å². The number of hydrogen-bond acceptors (Lipinski definition) is 5.